The van der Waals surface area contributed by atoms with Crippen LogP contribution in [0.2, 0.25) is 10.0 Å². The van der Waals surface area contributed by atoms with Crippen molar-refractivity contribution in [3.05, 3.63) is 40.3 Å². The summed E-state index contributed by atoms with van der Waals surface area (Å²) in [5.74, 6) is 0.256. The van der Waals surface area contributed by atoms with E-state index in [1.54, 1.807) is 18.5 Å². The maximum absolute atomic E-state index is 11.7. The summed E-state index contributed by atoms with van der Waals surface area (Å²) in [6, 6.07) is 5.19. The smallest absolute Gasteiger partial charge is 0.222 e. The van der Waals surface area contributed by atoms with Gasteiger partial charge in [0.25, 0.3) is 0 Å². The first-order chi connectivity index (χ1) is 12.0. The van der Waals surface area contributed by atoms with Crippen LogP contribution in [0.4, 0.5) is 0 Å². The van der Waals surface area contributed by atoms with Crippen LogP contribution in [0.5, 0.6) is 0 Å². The molecule has 2 aromatic rings. The zero-order valence-corrected chi connectivity index (χ0v) is 15.7. The Labute approximate surface area is 157 Å². The molecule has 0 radical (unpaired) electrons. The van der Waals surface area contributed by atoms with Crippen molar-refractivity contribution in [2.24, 2.45) is 5.73 Å². The maximum Gasteiger partial charge on any atom is 0.222 e. The van der Waals surface area contributed by atoms with Gasteiger partial charge in [-0.3, -0.25) is 4.79 Å². The van der Waals surface area contributed by atoms with Gasteiger partial charge >= 0.3 is 0 Å². The minimum Gasteiger partial charge on any atom is -0.343 e. The summed E-state index contributed by atoms with van der Waals surface area (Å²) in [7, 11) is 0. The largest absolute Gasteiger partial charge is 0.343 e. The molecule has 25 heavy (non-hydrogen) atoms. The Bertz CT molecular complexity index is 772. The second kappa shape index (κ2) is 7.77. The number of benzene rings is 1. The van der Waals surface area contributed by atoms with Crippen LogP contribution in [0.1, 0.15) is 37.9 Å². The fraction of sp³-hybridized carbons (Fsp3) is 0.444. The van der Waals surface area contributed by atoms with Crippen molar-refractivity contribution < 1.29 is 4.79 Å². The normalized spacial score (nSPS) is 15.8. The monoisotopic (exact) mass is 380 g/mol. The fourth-order valence-corrected chi connectivity index (χ4v) is 3.81. The van der Waals surface area contributed by atoms with Crippen LogP contribution in [0.15, 0.2) is 24.5 Å². The maximum atomic E-state index is 11.7. The molecule has 0 saturated carbocycles. The van der Waals surface area contributed by atoms with Crippen molar-refractivity contribution in [3.8, 4) is 11.3 Å². The highest BCUT2D eigenvalue weighted by Gasteiger charge is 2.21. The van der Waals surface area contributed by atoms with Crippen LogP contribution < -0.4 is 5.73 Å². The van der Waals surface area contributed by atoms with E-state index in [9.17, 15) is 4.79 Å². The van der Waals surface area contributed by atoms with Crippen LogP contribution in [-0.4, -0.2) is 33.4 Å². The van der Waals surface area contributed by atoms with Crippen molar-refractivity contribution >= 4 is 29.1 Å². The van der Waals surface area contributed by atoms with Crippen LogP contribution in [0, 0.1) is 0 Å². The van der Waals surface area contributed by atoms with Gasteiger partial charge in [-0.1, -0.05) is 23.2 Å². The molecule has 5 nitrogen and oxygen atoms in total. The predicted octanol–water partition coefficient (Wildman–Crippen LogP) is 3.89. The van der Waals surface area contributed by atoms with Gasteiger partial charge in [0, 0.05) is 42.7 Å². The summed E-state index contributed by atoms with van der Waals surface area (Å²) in [6.45, 7) is 4.34. The number of imidazole rings is 1. The van der Waals surface area contributed by atoms with E-state index in [0.717, 1.165) is 49.4 Å². The number of carbonyl (C=O) groups is 1. The molecule has 1 atom stereocenters. The highest BCUT2D eigenvalue weighted by atomic mass is 35.5. The number of amides is 1. The molecule has 1 unspecified atom stereocenters. The Morgan fingerprint density at radius 1 is 1.32 bits per heavy atom. The molecule has 1 aliphatic heterocycles. The first-order valence-electron chi connectivity index (χ1n) is 8.51. The van der Waals surface area contributed by atoms with Gasteiger partial charge in [0.2, 0.25) is 5.91 Å². The van der Waals surface area contributed by atoms with Gasteiger partial charge in [0.15, 0.2) is 0 Å². The third kappa shape index (κ3) is 4.00. The average molecular weight is 381 g/mol. The van der Waals surface area contributed by atoms with Gasteiger partial charge in [-0.25, -0.2) is 4.98 Å². The number of hydrogen-bond donors (Lipinski definition) is 1. The lowest BCUT2D eigenvalue weighted by Gasteiger charge is -2.17. The molecule has 3 rings (SSSR count). The zero-order valence-electron chi connectivity index (χ0n) is 14.2. The van der Waals surface area contributed by atoms with Gasteiger partial charge in [0.05, 0.1) is 22.7 Å². The summed E-state index contributed by atoms with van der Waals surface area (Å²) in [6.07, 6.45) is 4.31. The fourth-order valence-electron chi connectivity index (χ4n) is 3.31. The quantitative estimate of drug-likeness (QED) is 0.826. The number of aryl methyl sites for hydroxylation is 1. The second-order valence-corrected chi connectivity index (χ2v) is 7.27. The van der Waals surface area contributed by atoms with E-state index in [-0.39, 0.29) is 11.9 Å². The molecule has 0 spiro atoms. The summed E-state index contributed by atoms with van der Waals surface area (Å²) in [5, 5.41) is 1.15. The number of likely N-dealkylation sites (tertiary alicyclic amines) is 1. The highest BCUT2D eigenvalue weighted by Crippen LogP contribution is 2.33. The lowest BCUT2D eigenvalue weighted by atomic mass is 10.1. The molecule has 2 heterocycles. The molecule has 2 N–H and O–H groups in total. The minimum atomic E-state index is -0.183. The minimum absolute atomic E-state index is 0.183. The summed E-state index contributed by atoms with van der Waals surface area (Å²) in [5.41, 5.74) is 8.75. The Morgan fingerprint density at radius 3 is 2.76 bits per heavy atom. The third-order valence-corrected chi connectivity index (χ3v) is 5.04. The SMILES string of the molecule is CC(N)c1c(-c2ccc(Cl)cc2Cl)ncn1CCCN1CCCC1=O. The molecule has 1 amide bonds. The number of halogens is 2. The molecular formula is C18H22Cl2N4O. The van der Waals surface area contributed by atoms with Gasteiger partial charge < -0.3 is 15.2 Å². The van der Waals surface area contributed by atoms with Crippen LogP contribution in [0.3, 0.4) is 0 Å². The van der Waals surface area contributed by atoms with Crippen molar-refractivity contribution in [3.63, 3.8) is 0 Å². The lowest BCUT2D eigenvalue weighted by molar-refractivity contribution is -0.127. The first kappa shape index (κ1) is 18.2. The van der Waals surface area contributed by atoms with E-state index >= 15 is 0 Å². The van der Waals surface area contributed by atoms with E-state index in [2.05, 4.69) is 9.55 Å². The van der Waals surface area contributed by atoms with E-state index in [1.807, 2.05) is 17.9 Å². The van der Waals surface area contributed by atoms with Crippen LogP contribution in [-0.2, 0) is 11.3 Å². The zero-order chi connectivity index (χ0) is 18.0. The molecule has 7 heteroatoms. The molecular weight excluding hydrogens is 359 g/mol. The molecule has 0 aliphatic carbocycles. The van der Waals surface area contributed by atoms with E-state index in [0.29, 0.717) is 16.5 Å². The second-order valence-electron chi connectivity index (χ2n) is 6.42. The molecule has 1 aliphatic rings. The van der Waals surface area contributed by atoms with Crippen LogP contribution in [0.25, 0.3) is 11.3 Å². The molecule has 1 aromatic carbocycles. The first-order valence-corrected chi connectivity index (χ1v) is 9.26. The highest BCUT2D eigenvalue weighted by molar-refractivity contribution is 6.36. The molecule has 134 valence electrons. The number of carbonyl (C=O) groups excluding carboxylic acids is 1. The number of aromatic nitrogens is 2. The molecule has 1 aromatic heterocycles. The van der Waals surface area contributed by atoms with Gasteiger partial charge in [-0.2, -0.15) is 0 Å². The topological polar surface area (TPSA) is 64.2 Å². The van der Waals surface area contributed by atoms with Gasteiger partial charge in [0.1, 0.15) is 0 Å². The predicted molar refractivity (Wildman–Crippen MR) is 101 cm³/mol. The van der Waals surface area contributed by atoms with Crippen molar-refractivity contribution in [2.45, 2.75) is 38.8 Å². The average Bonchev–Trinajstić information content (AvgIpc) is 3.14. The van der Waals surface area contributed by atoms with E-state index in [4.69, 9.17) is 28.9 Å². The summed E-state index contributed by atoms with van der Waals surface area (Å²) < 4.78 is 2.06. The number of hydrogen-bond acceptors (Lipinski definition) is 3. The standard InChI is InChI=1S/C18H22Cl2N4O/c1-12(21)18-17(14-6-5-13(19)10-15(14)20)22-11-24(18)9-3-8-23-7-2-4-16(23)25/h5-6,10-12H,2-4,7-9,21H2,1H3. The number of nitrogens with two attached hydrogens (primary N) is 1. The number of nitrogens with zero attached hydrogens (tertiary/aromatic N) is 3. The van der Waals surface area contributed by atoms with E-state index in [1.165, 1.54) is 0 Å². The molecule has 0 bridgehead atoms. The van der Waals surface area contributed by atoms with Gasteiger partial charge in [-0.15, -0.1) is 0 Å². The summed E-state index contributed by atoms with van der Waals surface area (Å²) >= 11 is 12.3. The molecule has 1 saturated heterocycles. The molecule has 1 fully saturated rings. The lowest BCUT2D eigenvalue weighted by Crippen LogP contribution is -2.26. The van der Waals surface area contributed by atoms with Crippen molar-refractivity contribution in [1.29, 1.82) is 0 Å². The third-order valence-electron chi connectivity index (χ3n) is 4.49. The van der Waals surface area contributed by atoms with Crippen LogP contribution >= 0.6 is 23.2 Å². The van der Waals surface area contributed by atoms with Gasteiger partial charge in [-0.05, 0) is 38.0 Å². The van der Waals surface area contributed by atoms with E-state index < -0.39 is 0 Å². The number of rotatable bonds is 6. The summed E-state index contributed by atoms with van der Waals surface area (Å²) in [4.78, 5) is 18.2. The van der Waals surface area contributed by atoms with Crippen molar-refractivity contribution in [1.82, 2.24) is 14.5 Å². The Morgan fingerprint density at radius 2 is 2.12 bits per heavy atom. The Balaban J connectivity index is 1.78. The van der Waals surface area contributed by atoms with Crippen molar-refractivity contribution in [2.75, 3.05) is 13.1 Å². The Hall–Kier alpha value is -1.56. The Kier molecular flexibility index (Phi) is 5.67.